The van der Waals surface area contributed by atoms with Crippen LogP contribution >= 0.6 is 0 Å². The highest BCUT2D eigenvalue weighted by Crippen LogP contribution is 2.49. The van der Waals surface area contributed by atoms with E-state index in [1.54, 1.807) is 0 Å². The molecule has 0 aromatic heterocycles. The summed E-state index contributed by atoms with van der Waals surface area (Å²) in [5.74, 6) is 0. The van der Waals surface area contributed by atoms with Gasteiger partial charge in [0.05, 0.1) is 5.60 Å². The summed E-state index contributed by atoms with van der Waals surface area (Å²) in [5, 5.41) is 14.3. The van der Waals surface area contributed by atoms with Crippen LogP contribution in [-0.2, 0) is 11.3 Å². The number of carbonyl (C=O) groups is 1. The molecule has 0 unspecified atom stereocenters. The Morgan fingerprint density at radius 3 is 2.29 bits per heavy atom. The van der Waals surface area contributed by atoms with Crippen molar-refractivity contribution in [3.8, 4) is 0 Å². The molecule has 5 rings (SSSR count). The highest BCUT2D eigenvalue weighted by molar-refractivity contribution is 5.67. The second kappa shape index (κ2) is 10.1. The molecule has 1 amide bonds. The van der Waals surface area contributed by atoms with Crippen molar-refractivity contribution in [2.45, 2.75) is 56.8 Å². The average molecular weight is 479 g/mol. The van der Waals surface area contributed by atoms with Crippen LogP contribution in [0.25, 0.3) is 0 Å². The molecule has 1 saturated carbocycles. The summed E-state index contributed by atoms with van der Waals surface area (Å²) in [5.41, 5.74) is 8.50. The Balaban J connectivity index is 1.01. The van der Waals surface area contributed by atoms with E-state index in [0.29, 0.717) is 12.0 Å². The Kier molecular flexibility index (Phi) is 6.89. The number of likely N-dealkylation sites (tertiary alicyclic amines) is 1. The van der Waals surface area contributed by atoms with Crippen LogP contribution < -0.4 is 16.0 Å². The number of nitrogen functional groups attached to an aromatic ring is 1. The fraction of sp³-hybridized carbons (Fsp3) is 0.536. The summed E-state index contributed by atoms with van der Waals surface area (Å²) >= 11 is 0. The van der Waals surface area contributed by atoms with Gasteiger partial charge in [-0.1, -0.05) is 30.3 Å². The first-order valence-electron chi connectivity index (χ1n) is 12.9. The summed E-state index contributed by atoms with van der Waals surface area (Å²) in [4.78, 5) is 16.9. The van der Waals surface area contributed by atoms with E-state index in [-0.39, 0.29) is 12.1 Å². The maximum atomic E-state index is 12.1. The number of nitrogens with zero attached hydrogens (tertiary/aromatic N) is 2. The molecule has 7 heteroatoms. The number of anilines is 2. The SMILES string of the molecule is Nc1ccc(N2CCC(O)(CN3CCC4(CC3)CC(NC(=O)OCc3ccccc3)C4)CC2)cc1. The Bertz CT molecular complexity index is 973. The monoisotopic (exact) mass is 478 g/mol. The van der Waals surface area contributed by atoms with Gasteiger partial charge in [0, 0.05) is 37.1 Å². The second-order valence-corrected chi connectivity index (χ2v) is 10.9. The topological polar surface area (TPSA) is 91.1 Å². The van der Waals surface area contributed by atoms with Crippen LogP contribution in [0.15, 0.2) is 54.6 Å². The van der Waals surface area contributed by atoms with Crippen molar-refractivity contribution in [3.05, 3.63) is 60.2 Å². The maximum Gasteiger partial charge on any atom is 0.407 e. The first-order chi connectivity index (χ1) is 16.9. The van der Waals surface area contributed by atoms with Crippen molar-refractivity contribution in [1.29, 1.82) is 0 Å². The van der Waals surface area contributed by atoms with E-state index < -0.39 is 5.60 Å². The van der Waals surface area contributed by atoms with Gasteiger partial charge in [-0.2, -0.15) is 0 Å². The standard InChI is InChI=1S/C28H38N4O3/c29-23-6-8-25(9-7-23)32-16-12-28(34,13-17-32)21-31-14-10-27(11-15-31)18-24(19-27)30-26(33)35-20-22-4-2-1-3-5-22/h1-9,24,34H,10-21,29H2,(H,30,33). The fourth-order valence-electron chi connectivity index (χ4n) is 6.05. The minimum atomic E-state index is -0.610. The molecule has 2 saturated heterocycles. The smallest absolute Gasteiger partial charge is 0.407 e. The molecule has 35 heavy (non-hydrogen) atoms. The van der Waals surface area contributed by atoms with Crippen molar-refractivity contribution >= 4 is 17.5 Å². The summed E-state index contributed by atoms with van der Waals surface area (Å²) < 4.78 is 5.37. The summed E-state index contributed by atoms with van der Waals surface area (Å²) in [7, 11) is 0. The molecule has 2 aromatic rings. The lowest BCUT2D eigenvalue weighted by molar-refractivity contribution is -0.0485. The average Bonchev–Trinajstić information content (AvgIpc) is 2.85. The lowest BCUT2D eigenvalue weighted by Crippen LogP contribution is -2.57. The zero-order valence-electron chi connectivity index (χ0n) is 20.5. The predicted molar refractivity (Wildman–Crippen MR) is 138 cm³/mol. The quantitative estimate of drug-likeness (QED) is 0.548. The summed E-state index contributed by atoms with van der Waals surface area (Å²) in [6, 6.07) is 18.0. The number of rotatable bonds is 6. The Labute approximate surface area is 208 Å². The van der Waals surface area contributed by atoms with E-state index in [1.165, 1.54) is 5.69 Å². The fourth-order valence-corrected chi connectivity index (χ4v) is 6.05. The minimum absolute atomic E-state index is 0.215. The summed E-state index contributed by atoms with van der Waals surface area (Å²) in [6.45, 7) is 4.84. The van der Waals surface area contributed by atoms with Crippen molar-refractivity contribution in [2.75, 3.05) is 43.4 Å². The third-order valence-corrected chi connectivity index (χ3v) is 8.28. The number of nitrogens with two attached hydrogens (primary N) is 1. The summed E-state index contributed by atoms with van der Waals surface area (Å²) in [6.07, 6.45) is 5.59. The van der Waals surface area contributed by atoms with Crippen LogP contribution in [-0.4, -0.2) is 60.5 Å². The lowest BCUT2D eigenvalue weighted by Gasteiger charge is -2.53. The van der Waals surface area contributed by atoms with Gasteiger partial charge in [-0.3, -0.25) is 0 Å². The molecule has 3 aliphatic rings. The zero-order chi connectivity index (χ0) is 24.3. The van der Waals surface area contributed by atoms with Crippen molar-refractivity contribution in [2.24, 2.45) is 5.41 Å². The molecule has 2 aliphatic heterocycles. The van der Waals surface area contributed by atoms with E-state index in [9.17, 15) is 9.90 Å². The van der Waals surface area contributed by atoms with Gasteiger partial charge in [-0.15, -0.1) is 0 Å². The molecule has 188 valence electrons. The molecular weight excluding hydrogens is 440 g/mol. The van der Waals surface area contributed by atoms with Crippen molar-refractivity contribution in [3.63, 3.8) is 0 Å². The Hall–Kier alpha value is -2.77. The number of amides is 1. The number of piperidine rings is 2. The molecule has 3 fully saturated rings. The largest absolute Gasteiger partial charge is 0.445 e. The number of ether oxygens (including phenoxy) is 1. The molecule has 2 aromatic carbocycles. The number of hydrogen-bond donors (Lipinski definition) is 3. The first kappa shape index (κ1) is 23.9. The normalized spacial score (nSPS) is 21.9. The number of benzene rings is 2. The molecule has 2 heterocycles. The van der Waals surface area contributed by atoms with Gasteiger partial charge >= 0.3 is 6.09 Å². The van der Waals surface area contributed by atoms with Gasteiger partial charge in [0.25, 0.3) is 0 Å². The molecular formula is C28H38N4O3. The highest BCUT2D eigenvalue weighted by Gasteiger charge is 2.47. The number of β-amino-alcohol motifs (C(OH)–C–C–N with tert-alkyl or cyclic N) is 1. The Morgan fingerprint density at radius 1 is 0.971 bits per heavy atom. The third-order valence-electron chi connectivity index (χ3n) is 8.28. The van der Waals surface area contributed by atoms with Gasteiger partial charge in [-0.05, 0) is 86.9 Å². The van der Waals surface area contributed by atoms with Gasteiger partial charge in [0.2, 0.25) is 0 Å². The maximum absolute atomic E-state index is 12.1. The molecule has 0 radical (unpaired) electrons. The minimum Gasteiger partial charge on any atom is -0.445 e. The van der Waals surface area contributed by atoms with Crippen LogP contribution in [0.1, 0.15) is 44.1 Å². The van der Waals surface area contributed by atoms with Gasteiger partial charge in [0.1, 0.15) is 6.61 Å². The lowest BCUT2D eigenvalue weighted by atomic mass is 9.60. The molecule has 1 spiro atoms. The van der Waals surface area contributed by atoms with Crippen molar-refractivity contribution in [1.82, 2.24) is 10.2 Å². The van der Waals surface area contributed by atoms with Gasteiger partial charge in [0.15, 0.2) is 0 Å². The van der Waals surface area contributed by atoms with E-state index in [4.69, 9.17) is 10.5 Å². The third kappa shape index (κ3) is 5.90. The van der Waals surface area contributed by atoms with Crippen molar-refractivity contribution < 1.29 is 14.6 Å². The second-order valence-electron chi connectivity index (χ2n) is 10.9. The van der Waals surface area contributed by atoms with Crippen LogP contribution in [0.4, 0.5) is 16.2 Å². The van der Waals surface area contributed by atoms with Gasteiger partial charge < -0.3 is 30.7 Å². The molecule has 7 nitrogen and oxygen atoms in total. The van der Waals surface area contributed by atoms with Crippen LogP contribution in [0.3, 0.4) is 0 Å². The van der Waals surface area contributed by atoms with E-state index >= 15 is 0 Å². The molecule has 0 atom stereocenters. The number of carbonyl (C=O) groups excluding carboxylic acids is 1. The number of aliphatic hydroxyl groups is 1. The molecule has 4 N–H and O–H groups in total. The molecule has 0 bridgehead atoms. The van der Waals surface area contributed by atoms with Crippen LogP contribution in [0, 0.1) is 5.41 Å². The molecule has 1 aliphatic carbocycles. The van der Waals surface area contributed by atoms with Crippen LogP contribution in [0.2, 0.25) is 0 Å². The Morgan fingerprint density at radius 2 is 1.63 bits per heavy atom. The number of hydrogen-bond acceptors (Lipinski definition) is 6. The van der Waals surface area contributed by atoms with Crippen LogP contribution in [0.5, 0.6) is 0 Å². The predicted octanol–water partition coefficient (Wildman–Crippen LogP) is 3.77. The van der Waals surface area contributed by atoms with Gasteiger partial charge in [-0.25, -0.2) is 4.79 Å². The highest BCUT2D eigenvalue weighted by atomic mass is 16.5. The van der Waals surface area contributed by atoms with E-state index in [2.05, 4.69) is 27.2 Å². The number of nitrogens with one attached hydrogen (secondary N) is 1. The number of alkyl carbamates (subject to hydrolysis) is 1. The van der Waals surface area contributed by atoms with E-state index in [0.717, 1.165) is 82.5 Å². The first-order valence-corrected chi connectivity index (χ1v) is 12.9. The zero-order valence-corrected chi connectivity index (χ0v) is 20.5. The van der Waals surface area contributed by atoms with E-state index in [1.807, 2.05) is 42.5 Å².